The average molecular weight is 516 g/mol. The quantitative estimate of drug-likeness (QED) is 0.370. The minimum absolute atomic E-state index is 0. The Balaban J connectivity index is 0.00000240. The zero-order valence-electron chi connectivity index (χ0n) is 17.4. The molecule has 29 heavy (non-hydrogen) atoms. The van der Waals surface area contributed by atoms with Crippen LogP contribution in [0.3, 0.4) is 0 Å². The van der Waals surface area contributed by atoms with Crippen LogP contribution in [0.25, 0.3) is 0 Å². The van der Waals surface area contributed by atoms with Gasteiger partial charge in [0.1, 0.15) is 0 Å². The fourth-order valence-electron chi connectivity index (χ4n) is 4.86. The number of guanidine groups is 1. The van der Waals surface area contributed by atoms with Gasteiger partial charge in [0.25, 0.3) is 5.91 Å². The monoisotopic (exact) mass is 516 g/mol. The molecule has 0 bridgehead atoms. The first-order valence-corrected chi connectivity index (χ1v) is 10.7. The number of amides is 1. The van der Waals surface area contributed by atoms with E-state index in [0.717, 1.165) is 38.6 Å². The van der Waals surface area contributed by atoms with Crippen LogP contribution in [0.4, 0.5) is 0 Å². The topological polar surface area (TPSA) is 70.3 Å². The second kappa shape index (κ2) is 9.68. The molecule has 2 aliphatic carbocycles. The SMILES string of the molecule is CCN=C(NC1CC(OCC)C12CCC2)N1CCN(C(=O)c2ccco2)CC1.I. The number of aliphatic imine (C=N–C) groups is 1. The van der Waals surface area contributed by atoms with E-state index in [4.69, 9.17) is 14.1 Å². The van der Waals surface area contributed by atoms with Crippen molar-refractivity contribution in [3.63, 3.8) is 0 Å². The van der Waals surface area contributed by atoms with Crippen molar-refractivity contribution in [2.24, 2.45) is 10.4 Å². The summed E-state index contributed by atoms with van der Waals surface area (Å²) in [5.74, 6) is 1.37. The van der Waals surface area contributed by atoms with E-state index >= 15 is 0 Å². The Kier molecular flexibility index (Phi) is 7.47. The van der Waals surface area contributed by atoms with Gasteiger partial charge in [-0.1, -0.05) is 6.42 Å². The zero-order chi connectivity index (χ0) is 19.6. The van der Waals surface area contributed by atoms with Crippen LogP contribution in [-0.4, -0.2) is 73.1 Å². The summed E-state index contributed by atoms with van der Waals surface area (Å²) in [5, 5.41) is 3.75. The highest BCUT2D eigenvalue weighted by Gasteiger charge is 2.59. The number of piperazine rings is 1. The normalized spacial score (nSPS) is 25.8. The zero-order valence-corrected chi connectivity index (χ0v) is 19.8. The predicted molar refractivity (Wildman–Crippen MR) is 123 cm³/mol. The molecule has 1 N–H and O–H groups in total. The maximum absolute atomic E-state index is 12.5. The number of hydrogen-bond acceptors (Lipinski definition) is 4. The molecule has 2 saturated carbocycles. The van der Waals surface area contributed by atoms with Gasteiger partial charge in [-0.2, -0.15) is 0 Å². The molecule has 0 radical (unpaired) electrons. The van der Waals surface area contributed by atoms with Gasteiger partial charge in [0.2, 0.25) is 0 Å². The number of ether oxygens (including phenoxy) is 1. The summed E-state index contributed by atoms with van der Waals surface area (Å²) in [6.45, 7) is 8.63. The molecule has 3 fully saturated rings. The van der Waals surface area contributed by atoms with Crippen molar-refractivity contribution in [1.29, 1.82) is 0 Å². The number of hydrogen-bond donors (Lipinski definition) is 1. The highest BCUT2D eigenvalue weighted by atomic mass is 127. The van der Waals surface area contributed by atoms with Crippen molar-refractivity contribution in [3.8, 4) is 0 Å². The molecule has 2 atom stereocenters. The molecule has 1 spiro atoms. The molecular formula is C21H33IN4O3. The Morgan fingerprint density at radius 3 is 2.55 bits per heavy atom. The number of carbonyl (C=O) groups excluding carboxylic acids is 1. The van der Waals surface area contributed by atoms with Crippen LogP contribution in [0, 0.1) is 5.41 Å². The maximum atomic E-state index is 12.5. The fraction of sp³-hybridized carbons (Fsp3) is 0.714. The van der Waals surface area contributed by atoms with Gasteiger partial charge < -0.3 is 24.3 Å². The van der Waals surface area contributed by atoms with Crippen LogP contribution >= 0.6 is 24.0 Å². The van der Waals surface area contributed by atoms with Crippen molar-refractivity contribution in [3.05, 3.63) is 24.2 Å². The standard InChI is InChI=1S/C21H32N4O3.HI/c1-3-22-20(23-17-15-18(27-4-2)21(17)8-6-9-21)25-12-10-24(11-13-25)19(26)16-7-5-14-28-16;/h5,7,14,17-18H,3-4,6,8-13,15H2,1-2H3,(H,22,23);1H. The van der Waals surface area contributed by atoms with Crippen LogP contribution in [0.5, 0.6) is 0 Å². The van der Waals surface area contributed by atoms with Crippen LogP contribution in [0.15, 0.2) is 27.8 Å². The second-order valence-corrected chi connectivity index (χ2v) is 8.02. The van der Waals surface area contributed by atoms with Gasteiger partial charge in [0, 0.05) is 50.8 Å². The van der Waals surface area contributed by atoms with E-state index < -0.39 is 0 Å². The first kappa shape index (κ1) is 22.4. The molecule has 1 aromatic rings. The summed E-state index contributed by atoms with van der Waals surface area (Å²) < 4.78 is 11.2. The summed E-state index contributed by atoms with van der Waals surface area (Å²) >= 11 is 0. The Morgan fingerprint density at radius 2 is 2.00 bits per heavy atom. The predicted octanol–water partition coefficient (Wildman–Crippen LogP) is 2.97. The van der Waals surface area contributed by atoms with E-state index in [2.05, 4.69) is 24.1 Å². The lowest BCUT2D eigenvalue weighted by atomic mass is 9.51. The molecule has 2 unspecified atom stereocenters. The fourth-order valence-corrected chi connectivity index (χ4v) is 4.86. The van der Waals surface area contributed by atoms with E-state index in [0.29, 0.717) is 36.4 Å². The smallest absolute Gasteiger partial charge is 0.289 e. The Labute approximate surface area is 190 Å². The number of furan rings is 1. The van der Waals surface area contributed by atoms with Gasteiger partial charge in [0.05, 0.1) is 12.4 Å². The molecule has 7 nitrogen and oxygen atoms in total. The van der Waals surface area contributed by atoms with Gasteiger partial charge in [0.15, 0.2) is 11.7 Å². The minimum Gasteiger partial charge on any atom is -0.459 e. The number of halogens is 1. The lowest BCUT2D eigenvalue weighted by Gasteiger charge is -2.61. The Bertz CT molecular complexity index is 697. The summed E-state index contributed by atoms with van der Waals surface area (Å²) in [5.41, 5.74) is 0.307. The van der Waals surface area contributed by atoms with Gasteiger partial charge in [-0.25, -0.2) is 0 Å². The molecule has 1 aliphatic heterocycles. The third-order valence-corrected chi connectivity index (χ3v) is 6.65. The molecule has 1 saturated heterocycles. The van der Waals surface area contributed by atoms with Crippen molar-refractivity contribution in [2.45, 2.75) is 51.7 Å². The highest BCUT2D eigenvalue weighted by Crippen LogP contribution is 2.57. The molecular weight excluding hydrogens is 483 g/mol. The number of carbonyl (C=O) groups is 1. The highest BCUT2D eigenvalue weighted by molar-refractivity contribution is 14.0. The van der Waals surface area contributed by atoms with E-state index in [1.807, 2.05) is 4.90 Å². The van der Waals surface area contributed by atoms with E-state index in [9.17, 15) is 4.79 Å². The van der Waals surface area contributed by atoms with Crippen molar-refractivity contribution < 1.29 is 13.9 Å². The van der Waals surface area contributed by atoms with E-state index in [-0.39, 0.29) is 29.9 Å². The third-order valence-electron chi connectivity index (χ3n) is 6.65. The largest absolute Gasteiger partial charge is 0.459 e. The average Bonchev–Trinajstić information content (AvgIpc) is 3.19. The molecule has 4 rings (SSSR count). The summed E-state index contributed by atoms with van der Waals surface area (Å²) in [6.07, 6.45) is 6.81. The summed E-state index contributed by atoms with van der Waals surface area (Å²) in [4.78, 5) is 21.4. The van der Waals surface area contributed by atoms with E-state index in [1.165, 1.54) is 19.3 Å². The van der Waals surface area contributed by atoms with Gasteiger partial charge >= 0.3 is 0 Å². The number of nitrogens with one attached hydrogen (secondary N) is 1. The Morgan fingerprint density at radius 1 is 1.28 bits per heavy atom. The molecule has 162 valence electrons. The molecule has 8 heteroatoms. The van der Waals surface area contributed by atoms with Gasteiger partial charge in [-0.15, -0.1) is 24.0 Å². The lowest BCUT2D eigenvalue weighted by molar-refractivity contribution is -0.169. The molecule has 1 aromatic heterocycles. The van der Waals surface area contributed by atoms with Crippen LogP contribution in [0.2, 0.25) is 0 Å². The Hall–Kier alpha value is -1.29. The summed E-state index contributed by atoms with van der Waals surface area (Å²) in [6, 6.07) is 3.93. The summed E-state index contributed by atoms with van der Waals surface area (Å²) in [7, 11) is 0. The first-order valence-electron chi connectivity index (χ1n) is 10.7. The number of nitrogens with zero attached hydrogens (tertiary/aromatic N) is 3. The molecule has 2 heterocycles. The van der Waals surface area contributed by atoms with Crippen LogP contribution in [-0.2, 0) is 4.74 Å². The van der Waals surface area contributed by atoms with E-state index in [1.54, 1.807) is 18.4 Å². The van der Waals surface area contributed by atoms with Crippen LogP contribution in [0.1, 0.15) is 50.1 Å². The molecule has 0 aromatic carbocycles. The first-order chi connectivity index (χ1) is 13.7. The molecule has 1 amide bonds. The third kappa shape index (κ3) is 4.28. The van der Waals surface area contributed by atoms with Crippen LogP contribution < -0.4 is 5.32 Å². The lowest BCUT2D eigenvalue weighted by Crippen LogP contribution is -2.69. The van der Waals surface area contributed by atoms with Gasteiger partial charge in [-0.05, 0) is 45.2 Å². The number of rotatable bonds is 5. The van der Waals surface area contributed by atoms with Gasteiger partial charge in [-0.3, -0.25) is 9.79 Å². The maximum Gasteiger partial charge on any atom is 0.289 e. The second-order valence-electron chi connectivity index (χ2n) is 8.02. The minimum atomic E-state index is -0.0291. The molecule has 3 aliphatic rings. The van der Waals surface area contributed by atoms with Crippen molar-refractivity contribution in [1.82, 2.24) is 15.1 Å². The van der Waals surface area contributed by atoms with Crippen molar-refractivity contribution >= 4 is 35.8 Å². The van der Waals surface area contributed by atoms with Crippen molar-refractivity contribution in [2.75, 3.05) is 39.3 Å².